The molecule has 1 aromatic carbocycles. The zero-order chi connectivity index (χ0) is 12.8. The molecule has 1 unspecified atom stereocenters. The molecule has 0 saturated heterocycles. The summed E-state index contributed by atoms with van der Waals surface area (Å²) in [5, 5.41) is 4.04. The van der Waals surface area contributed by atoms with Crippen molar-refractivity contribution < 1.29 is 9.47 Å². The standard InChI is InChI=1S/C12H17BrClNO2/c1-8(12(16-2)17-3)15-7-9-4-5-10(13)11(14)6-9/h4-6,8,12,15H,7H2,1-3H3. The van der Waals surface area contributed by atoms with Gasteiger partial charge in [-0.1, -0.05) is 17.7 Å². The molecule has 0 bridgehead atoms. The highest BCUT2D eigenvalue weighted by Gasteiger charge is 2.14. The van der Waals surface area contributed by atoms with E-state index in [0.717, 1.165) is 16.6 Å². The highest BCUT2D eigenvalue weighted by molar-refractivity contribution is 9.10. The molecule has 0 aromatic heterocycles. The van der Waals surface area contributed by atoms with Gasteiger partial charge in [-0.15, -0.1) is 0 Å². The maximum absolute atomic E-state index is 6.02. The van der Waals surface area contributed by atoms with Crippen LogP contribution in [0, 0.1) is 0 Å². The molecule has 17 heavy (non-hydrogen) atoms. The van der Waals surface area contributed by atoms with Crippen molar-refractivity contribution in [3.05, 3.63) is 33.3 Å². The van der Waals surface area contributed by atoms with E-state index in [1.165, 1.54) is 0 Å². The van der Waals surface area contributed by atoms with Gasteiger partial charge < -0.3 is 14.8 Å². The van der Waals surface area contributed by atoms with Crippen LogP contribution in [-0.4, -0.2) is 26.6 Å². The fourth-order valence-electron chi connectivity index (χ4n) is 1.53. The van der Waals surface area contributed by atoms with Crippen molar-refractivity contribution in [1.29, 1.82) is 0 Å². The third kappa shape index (κ3) is 4.56. The number of halogens is 2. The number of ether oxygens (including phenoxy) is 2. The summed E-state index contributed by atoms with van der Waals surface area (Å²) in [6.45, 7) is 2.73. The van der Waals surface area contributed by atoms with Crippen LogP contribution in [0.1, 0.15) is 12.5 Å². The van der Waals surface area contributed by atoms with E-state index >= 15 is 0 Å². The van der Waals surface area contributed by atoms with Crippen molar-refractivity contribution in [1.82, 2.24) is 5.32 Å². The van der Waals surface area contributed by atoms with E-state index in [4.69, 9.17) is 21.1 Å². The summed E-state index contributed by atoms with van der Waals surface area (Å²) in [5.41, 5.74) is 1.12. The number of methoxy groups -OCH3 is 2. The Hall–Kier alpha value is -0.130. The SMILES string of the molecule is COC(OC)C(C)NCc1ccc(Br)c(Cl)c1. The Kier molecular flexibility index (Phi) is 6.44. The molecule has 1 atom stereocenters. The van der Waals surface area contributed by atoms with Crippen LogP contribution >= 0.6 is 27.5 Å². The number of nitrogens with one attached hydrogen (secondary N) is 1. The highest BCUT2D eigenvalue weighted by Crippen LogP contribution is 2.23. The molecule has 0 radical (unpaired) electrons. The van der Waals surface area contributed by atoms with Gasteiger partial charge in [0, 0.05) is 25.2 Å². The third-order valence-corrected chi connectivity index (χ3v) is 3.72. The van der Waals surface area contributed by atoms with E-state index in [9.17, 15) is 0 Å². The fourth-order valence-corrected chi connectivity index (χ4v) is 1.98. The van der Waals surface area contributed by atoms with Gasteiger partial charge in [-0.25, -0.2) is 0 Å². The first-order chi connectivity index (χ1) is 8.08. The van der Waals surface area contributed by atoms with Gasteiger partial charge in [0.1, 0.15) is 0 Å². The van der Waals surface area contributed by atoms with Crippen molar-refractivity contribution in [3.63, 3.8) is 0 Å². The molecule has 0 aliphatic heterocycles. The fraction of sp³-hybridized carbons (Fsp3) is 0.500. The molecule has 1 rings (SSSR count). The Morgan fingerprint density at radius 2 is 2.00 bits per heavy atom. The summed E-state index contributed by atoms with van der Waals surface area (Å²) < 4.78 is 11.3. The smallest absolute Gasteiger partial charge is 0.171 e. The van der Waals surface area contributed by atoms with E-state index < -0.39 is 0 Å². The van der Waals surface area contributed by atoms with Crippen LogP contribution in [0.25, 0.3) is 0 Å². The molecule has 96 valence electrons. The molecule has 0 fully saturated rings. The first-order valence-corrected chi connectivity index (χ1v) is 6.48. The van der Waals surface area contributed by atoms with Gasteiger partial charge in [-0.05, 0) is 40.5 Å². The van der Waals surface area contributed by atoms with Gasteiger partial charge in [0.05, 0.1) is 11.1 Å². The summed E-state index contributed by atoms with van der Waals surface area (Å²) in [7, 11) is 3.26. The highest BCUT2D eigenvalue weighted by atomic mass is 79.9. The second kappa shape index (κ2) is 7.34. The minimum absolute atomic E-state index is 0.104. The lowest BCUT2D eigenvalue weighted by molar-refractivity contribution is -0.119. The average molecular weight is 323 g/mol. The topological polar surface area (TPSA) is 30.5 Å². The Morgan fingerprint density at radius 1 is 1.35 bits per heavy atom. The van der Waals surface area contributed by atoms with Gasteiger partial charge >= 0.3 is 0 Å². The van der Waals surface area contributed by atoms with Gasteiger partial charge in [-0.2, -0.15) is 0 Å². The molecule has 3 nitrogen and oxygen atoms in total. The molecular weight excluding hydrogens is 305 g/mol. The molecule has 1 N–H and O–H groups in total. The Bertz CT molecular complexity index is 358. The van der Waals surface area contributed by atoms with E-state index in [1.807, 2.05) is 25.1 Å². The second-order valence-electron chi connectivity index (χ2n) is 3.76. The van der Waals surface area contributed by atoms with Crippen molar-refractivity contribution in [2.24, 2.45) is 0 Å². The number of rotatable bonds is 6. The zero-order valence-electron chi connectivity index (χ0n) is 10.2. The minimum Gasteiger partial charge on any atom is -0.354 e. The van der Waals surface area contributed by atoms with E-state index in [-0.39, 0.29) is 12.3 Å². The zero-order valence-corrected chi connectivity index (χ0v) is 12.5. The lowest BCUT2D eigenvalue weighted by Crippen LogP contribution is -2.39. The third-order valence-electron chi connectivity index (χ3n) is 2.49. The summed E-state index contributed by atoms with van der Waals surface area (Å²) in [4.78, 5) is 0. The van der Waals surface area contributed by atoms with Gasteiger partial charge in [0.25, 0.3) is 0 Å². The first-order valence-electron chi connectivity index (χ1n) is 5.31. The van der Waals surface area contributed by atoms with Crippen LogP contribution in [0.3, 0.4) is 0 Å². The van der Waals surface area contributed by atoms with Crippen molar-refractivity contribution >= 4 is 27.5 Å². The molecule has 0 aliphatic carbocycles. The van der Waals surface area contributed by atoms with E-state index in [0.29, 0.717) is 5.02 Å². The van der Waals surface area contributed by atoms with Crippen LogP contribution in [0.2, 0.25) is 5.02 Å². The number of hydrogen-bond donors (Lipinski definition) is 1. The van der Waals surface area contributed by atoms with Crippen molar-refractivity contribution in [2.45, 2.75) is 25.8 Å². The second-order valence-corrected chi connectivity index (χ2v) is 5.02. The molecule has 5 heteroatoms. The largest absolute Gasteiger partial charge is 0.354 e. The van der Waals surface area contributed by atoms with Crippen LogP contribution in [-0.2, 0) is 16.0 Å². The van der Waals surface area contributed by atoms with Gasteiger partial charge in [-0.3, -0.25) is 0 Å². The maximum Gasteiger partial charge on any atom is 0.171 e. The summed E-state index contributed by atoms with van der Waals surface area (Å²) in [5.74, 6) is 0. The summed E-state index contributed by atoms with van der Waals surface area (Å²) in [6.07, 6.45) is -0.249. The monoisotopic (exact) mass is 321 g/mol. The van der Waals surface area contributed by atoms with Crippen molar-refractivity contribution in [2.75, 3.05) is 14.2 Å². The molecule has 0 saturated carbocycles. The first kappa shape index (κ1) is 14.9. The van der Waals surface area contributed by atoms with Gasteiger partial charge in [0.2, 0.25) is 0 Å². The Balaban J connectivity index is 2.52. The molecule has 0 spiro atoms. The summed E-state index contributed by atoms with van der Waals surface area (Å²) in [6, 6.07) is 5.99. The predicted octanol–water partition coefficient (Wildman–Crippen LogP) is 3.20. The van der Waals surface area contributed by atoms with E-state index in [1.54, 1.807) is 14.2 Å². The van der Waals surface area contributed by atoms with Crippen LogP contribution in [0.4, 0.5) is 0 Å². The molecule has 0 aliphatic rings. The van der Waals surface area contributed by atoms with Crippen LogP contribution in [0.5, 0.6) is 0 Å². The predicted molar refractivity (Wildman–Crippen MR) is 73.3 cm³/mol. The molecular formula is C12H17BrClNO2. The molecule has 0 amide bonds. The van der Waals surface area contributed by atoms with Gasteiger partial charge in [0.15, 0.2) is 6.29 Å². The summed E-state index contributed by atoms with van der Waals surface area (Å²) >= 11 is 9.38. The average Bonchev–Trinajstić information content (AvgIpc) is 2.32. The minimum atomic E-state index is -0.249. The normalized spacial score (nSPS) is 13.1. The number of benzene rings is 1. The Morgan fingerprint density at radius 3 is 2.53 bits per heavy atom. The Labute approximate surface area is 116 Å². The molecule has 1 aromatic rings. The molecule has 0 heterocycles. The van der Waals surface area contributed by atoms with Crippen molar-refractivity contribution in [3.8, 4) is 0 Å². The lowest BCUT2D eigenvalue weighted by Gasteiger charge is -2.22. The van der Waals surface area contributed by atoms with Crippen LogP contribution in [0.15, 0.2) is 22.7 Å². The van der Waals surface area contributed by atoms with E-state index in [2.05, 4.69) is 21.2 Å². The number of hydrogen-bond acceptors (Lipinski definition) is 3. The quantitative estimate of drug-likeness (QED) is 0.816. The lowest BCUT2D eigenvalue weighted by atomic mass is 10.2. The van der Waals surface area contributed by atoms with Crippen LogP contribution < -0.4 is 5.32 Å². The maximum atomic E-state index is 6.02.